The van der Waals surface area contributed by atoms with Crippen molar-refractivity contribution in [2.24, 2.45) is 9.74 Å². The molecule has 2 fully saturated rings. The lowest BCUT2D eigenvalue weighted by atomic mass is 10.2. The Hall–Kier alpha value is -2.93. The largest absolute Gasteiger partial charge is 0.379 e. The van der Waals surface area contributed by atoms with E-state index in [4.69, 9.17) is 42.8 Å². The first-order valence-corrected chi connectivity index (χ1v) is 16.0. The molecule has 0 radical (unpaired) electrons. The smallest absolute Gasteiger partial charge is 0.170 e. The van der Waals surface area contributed by atoms with Gasteiger partial charge in [-0.1, -0.05) is 77.8 Å². The zero-order valence-corrected chi connectivity index (χ0v) is 24.5. The maximum Gasteiger partial charge on any atom is 0.170 e. The minimum Gasteiger partial charge on any atom is -0.379 e. The molecule has 7 nitrogen and oxygen atoms in total. The number of aryl methyl sites for hydroxylation is 1. The van der Waals surface area contributed by atoms with Crippen LogP contribution in [-0.4, -0.2) is 57.3 Å². The summed E-state index contributed by atoms with van der Waals surface area (Å²) < 4.78 is 18.6. The average Bonchev–Trinajstić information content (AvgIpc) is 3.78. The normalized spacial score (nSPS) is 21.2. The van der Waals surface area contributed by atoms with Gasteiger partial charge in [0.25, 0.3) is 0 Å². The third kappa shape index (κ3) is 4.32. The Labute approximate surface area is 244 Å². The van der Waals surface area contributed by atoms with Gasteiger partial charge >= 0.3 is 0 Å². The number of para-hydroxylation sites is 1. The molecule has 1 aromatic heterocycles. The number of nitrogens with zero attached hydrogens (tertiary/aromatic N) is 6. The van der Waals surface area contributed by atoms with E-state index < -0.39 is 7.36 Å². The fourth-order valence-electron chi connectivity index (χ4n) is 5.60. The summed E-state index contributed by atoms with van der Waals surface area (Å²) >= 11 is 13.7. The van der Waals surface area contributed by atoms with Gasteiger partial charge in [-0.15, -0.1) is 0 Å². The van der Waals surface area contributed by atoms with Crippen LogP contribution < -0.4 is 5.30 Å². The second-order valence-corrected chi connectivity index (χ2v) is 13.8. The van der Waals surface area contributed by atoms with Gasteiger partial charge in [-0.2, -0.15) is 5.10 Å². The van der Waals surface area contributed by atoms with E-state index >= 15 is 0 Å². The number of aliphatic imine (C=N–C) groups is 1. The highest BCUT2D eigenvalue weighted by molar-refractivity contribution is 7.70. The number of morpholine rings is 1. The number of amidine groups is 1. The molecular formula is C30H29Cl2N6OP. The van der Waals surface area contributed by atoms with Gasteiger partial charge in [0, 0.05) is 24.7 Å². The van der Waals surface area contributed by atoms with Crippen LogP contribution in [0.3, 0.4) is 0 Å². The van der Waals surface area contributed by atoms with Gasteiger partial charge in [0.05, 0.1) is 39.9 Å². The highest BCUT2D eigenvalue weighted by atomic mass is 35.5. The Morgan fingerprint density at radius 3 is 2.17 bits per heavy atom. The van der Waals surface area contributed by atoms with Crippen molar-refractivity contribution >= 4 is 53.2 Å². The summed E-state index contributed by atoms with van der Waals surface area (Å²) in [6.45, 7) is 4.81. The van der Waals surface area contributed by atoms with E-state index in [1.54, 1.807) is 0 Å². The van der Waals surface area contributed by atoms with Gasteiger partial charge in [-0.25, -0.2) is 19.1 Å². The summed E-state index contributed by atoms with van der Waals surface area (Å²) in [7, 11) is -2.77. The van der Waals surface area contributed by atoms with Crippen molar-refractivity contribution in [1.82, 2.24) is 19.1 Å². The van der Waals surface area contributed by atoms with Gasteiger partial charge < -0.3 is 9.41 Å². The van der Waals surface area contributed by atoms with Crippen LogP contribution in [-0.2, 0) is 4.74 Å². The lowest BCUT2D eigenvalue weighted by Crippen LogP contribution is -2.47. The molecule has 0 spiro atoms. The van der Waals surface area contributed by atoms with Crippen molar-refractivity contribution in [3.63, 3.8) is 0 Å². The fourth-order valence-corrected chi connectivity index (χ4v) is 10.5. The van der Waals surface area contributed by atoms with Gasteiger partial charge in [-0.05, 0) is 44.0 Å². The maximum atomic E-state index is 6.84. The monoisotopic (exact) mass is 590 g/mol. The van der Waals surface area contributed by atoms with E-state index in [-0.39, 0.29) is 0 Å². The molecule has 0 N–H and O–H groups in total. The average molecular weight is 591 g/mol. The first kappa shape index (κ1) is 26.0. The summed E-state index contributed by atoms with van der Waals surface area (Å²) in [5.74, 6) is 1.73. The molecule has 1 atom stereocenters. The van der Waals surface area contributed by atoms with E-state index in [1.807, 2.05) is 47.1 Å². The van der Waals surface area contributed by atoms with Crippen LogP contribution in [0.15, 0.2) is 88.6 Å². The van der Waals surface area contributed by atoms with Crippen molar-refractivity contribution in [2.45, 2.75) is 25.8 Å². The molecule has 40 heavy (non-hydrogen) atoms. The van der Waals surface area contributed by atoms with Crippen LogP contribution in [0.4, 0.5) is 11.5 Å². The summed E-state index contributed by atoms with van der Waals surface area (Å²) in [5, 5.41) is 7.24. The van der Waals surface area contributed by atoms with Gasteiger partial charge in [-0.3, -0.25) is 0 Å². The van der Waals surface area contributed by atoms with Crippen molar-refractivity contribution in [3.05, 3.63) is 100 Å². The number of aromatic nitrogens is 2. The molecule has 10 heteroatoms. The number of hydrogen-bond acceptors (Lipinski definition) is 4. The molecule has 1 saturated carbocycles. The molecule has 7 rings (SSSR count). The highest BCUT2D eigenvalue weighted by Crippen LogP contribution is 2.66. The van der Waals surface area contributed by atoms with Crippen LogP contribution in [0.5, 0.6) is 0 Å². The Kier molecular flexibility index (Phi) is 6.81. The van der Waals surface area contributed by atoms with E-state index in [0.717, 1.165) is 59.8 Å². The number of hydrogen-bond donors (Lipinski definition) is 0. The van der Waals surface area contributed by atoms with E-state index in [9.17, 15) is 0 Å². The minimum absolute atomic E-state index is 0.299. The van der Waals surface area contributed by atoms with Gasteiger partial charge in [0.1, 0.15) is 11.5 Å². The summed E-state index contributed by atoms with van der Waals surface area (Å²) in [4.78, 5) is 5.42. The van der Waals surface area contributed by atoms with Crippen molar-refractivity contribution in [1.29, 1.82) is 0 Å². The number of rotatable bonds is 5. The Morgan fingerprint density at radius 1 is 0.875 bits per heavy atom. The first-order chi connectivity index (χ1) is 19.6. The number of benzene rings is 3. The van der Waals surface area contributed by atoms with Crippen molar-refractivity contribution in [2.75, 3.05) is 26.3 Å². The molecule has 2 aliphatic heterocycles. The summed E-state index contributed by atoms with van der Waals surface area (Å²) in [5.41, 5.74) is 3.53. The van der Waals surface area contributed by atoms with Crippen LogP contribution >= 0.6 is 30.6 Å². The van der Waals surface area contributed by atoms with E-state index in [0.29, 0.717) is 35.0 Å². The summed E-state index contributed by atoms with van der Waals surface area (Å²) in [6.07, 6.45) is 2.15. The standard InChI is InChI=1S/C30H29Cl2N6OP/c1-21-28-30(37(34-21)23-11-6-3-7-12-23)33-29(22-9-4-2-5-10-22)38(24-15-16-24)40(28,36-17-19-39-20-18-36)35-27-25(31)13-8-14-26(27)32/h2-14,24H,15-20H2,1H3/t40-/m1/s1. The van der Waals surface area contributed by atoms with Crippen molar-refractivity contribution in [3.8, 4) is 5.69 Å². The second-order valence-electron chi connectivity index (χ2n) is 10.2. The highest BCUT2D eigenvalue weighted by Gasteiger charge is 2.52. The molecule has 0 amide bonds. The van der Waals surface area contributed by atoms with Crippen LogP contribution in [0, 0.1) is 6.92 Å². The van der Waals surface area contributed by atoms with Gasteiger partial charge in [0.15, 0.2) is 13.2 Å². The Morgan fingerprint density at radius 2 is 1.52 bits per heavy atom. The fraction of sp³-hybridized carbons (Fsp3) is 0.267. The molecule has 3 aliphatic rings. The Bertz CT molecular complexity index is 1630. The number of fused-ring (bicyclic) bond motifs is 1. The molecule has 4 aromatic rings. The van der Waals surface area contributed by atoms with Crippen molar-refractivity contribution < 1.29 is 4.74 Å². The maximum absolute atomic E-state index is 6.84. The second kappa shape index (κ2) is 10.5. The molecule has 3 heterocycles. The number of halogens is 2. The predicted molar refractivity (Wildman–Crippen MR) is 163 cm³/mol. The third-order valence-electron chi connectivity index (χ3n) is 7.52. The quantitative estimate of drug-likeness (QED) is 0.228. The molecule has 204 valence electrons. The van der Waals surface area contributed by atoms with Gasteiger partial charge in [0.2, 0.25) is 0 Å². The zero-order chi connectivity index (χ0) is 27.3. The lowest BCUT2D eigenvalue weighted by Gasteiger charge is -2.48. The molecule has 3 aromatic carbocycles. The summed E-state index contributed by atoms with van der Waals surface area (Å²) in [6, 6.07) is 26.5. The van der Waals surface area contributed by atoms with Crippen LogP contribution in [0.25, 0.3) is 5.69 Å². The SMILES string of the molecule is Cc1nn(-c2ccccc2)c2c1[P@@](=Nc1c(Cl)cccc1Cl)(N1CCOCC1)N(C1CC1)C(c1ccccc1)=N2. The minimum atomic E-state index is -2.77. The molecule has 0 bridgehead atoms. The first-order valence-electron chi connectivity index (χ1n) is 13.6. The molecule has 0 unspecified atom stereocenters. The number of ether oxygens (including phenoxy) is 1. The lowest BCUT2D eigenvalue weighted by molar-refractivity contribution is 0.0729. The Balaban J connectivity index is 1.63. The molecular weight excluding hydrogens is 562 g/mol. The van der Waals surface area contributed by atoms with Crippen LogP contribution in [0.1, 0.15) is 24.1 Å². The topological polar surface area (TPSA) is 58.3 Å². The van der Waals surface area contributed by atoms with Crippen LogP contribution in [0.2, 0.25) is 10.0 Å². The zero-order valence-electron chi connectivity index (χ0n) is 22.1. The molecule has 1 saturated heterocycles. The van der Waals surface area contributed by atoms with E-state index in [1.165, 1.54) is 0 Å². The predicted octanol–water partition coefficient (Wildman–Crippen LogP) is 7.36. The van der Waals surface area contributed by atoms with E-state index in [2.05, 4.69) is 52.7 Å². The molecule has 1 aliphatic carbocycles. The third-order valence-corrected chi connectivity index (χ3v) is 12.0.